The lowest BCUT2D eigenvalue weighted by Crippen LogP contribution is -2.31. The van der Waals surface area contributed by atoms with Crippen molar-refractivity contribution in [1.29, 1.82) is 0 Å². The van der Waals surface area contributed by atoms with Gasteiger partial charge in [0.05, 0.1) is 11.1 Å². The van der Waals surface area contributed by atoms with Crippen molar-refractivity contribution in [2.24, 2.45) is 5.92 Å². The fourth-order valence-corrected chi connectivity index (χ4v) is 4.67. The van der Waals surface area contributed by atoms with Gasteiger partial charge in [0.1, 0.15) is 0 Å². The number of nitrogens with zero attached hydrogens (tertiary/aromatic N) is 1. The van der Waals surface area contributed by atoms with E-state index in [4.69, 9.17) is 0 Å². The van der Waals surface area contributed by atoms with Crippen LogP contribution in [0, 0.1) is 5.92 Å². The Kier molecular flexibility index (Phi) is 5.08. The van der Waals surface area contributed by atoms with E-state index in [0.717, 1.165) is 19.0 Å². The Hall–Kier alpha value is -0.450. The number of aromatic nitrogens is 1. The second-order valence-electron chi connectivity index (χ2n) is 6.39. The predicted molar refractivity (Wildman–Crippen MR) is 83.0 cm³/mol. The molecule has 3 rings (SSSR count). The molecule has 3 nitrogen and oxygen atoms in total. The minimum absolute atomic E-state index is 0.167. The van der Waals surface area contributed by atoms with Gasteiger partial charge in [-0.1, -0.05) is 25.7 Å². The molecular weight excluding hydrogens is 268 g/mol. The zero-order valence-corrected chi connectivity index (χ0v) is 13.0. The smallest absolute Gasteiger partial charge is 0.0959 e. The summed E-state index contributed by atoms with van der Waals surface area (Å²) in [6.45, 7) is 1.58. The molecular formula is C16H26N2OS. The van der Waals surface area contributed by atoms with Crippen molar-refractivity contribution in [1.82, 2.24) is 10.3 Å². The quantitative estimate of drug-likeness (QED) is 0.845. The minimum atomic E-state index is -0.167. The highest BCUT2D eigenvalue weighted by atomic mass is 32.1. The molecule has 1 unspecified atom stereocenters. The van der Waals surface area contributed by atoms with Gasteiger partial charge in [-0.3, -0.25) is 0 Å². The van der Waals surface area contributed by atoms with Crippen LogP contribution in [0.2, 0.25) is 0 Å². The van der Waals surface area contributed by atoms with Crippen LogP contribution >= 0.6 is 11.3 Å². The van der Waals surface area contributed by atoms with Gasteiger partial charge >= 0.3 is 0 Å². The lowest BCUT2D eigenvalue weighted by atomic mass is 10.0. The maximum absolute atomic E-state index is 10.1. The molecule has 0 spiro atoms. The van der Waals surface area contributed by atoms with Crippen molar-refractivity contribution in [3.8, 4) is 0 Å². The molecule has 0 saturated heterocycles. The van der Waals surface area contributed by atoms with Crippen molar-refractivity contribution >= 4 is 11.3 Å². The Morgan fingerprint density at radius 2 is 1.90 bits per heavy atom. The van der Waals surface area contributed by atoms with E-state index >= 15 is 0 Å². The summed E-state index contributed by atoms with van der Waals surface area (Å²) in [7, 11) is 0. The Bertz CT molecular complexity index is 408. The maximum Gasteiger partial charge on any atom is 0.0959 e. The molecule has 2 fully saturated rings. The molecule has 4 heteroatoms. The number of aliphatic hydroxyl groups is 1. The zero-order chi connectivity index (χ0) is 13.8. The van der Waals surface area contributed by atoms with Crippen molar-refractivity contribution in [2.45, 2.75) is 69.9 Å². The van der Waals surface area contributed by atoms with E-state index in [1.165, 1.54) is 61.3 Å². The number of hydrogen-bond acceptors (Lipinski definition) is 4. The van der Waals surface area contributed by atoms with Crippen LogP contribution < -0.4 is 5.32 Å². The molecule has 0 aromatic carbocycles. The van der Waals surface area contributed by atoms with Gasteiger partial charge in [-0.05, 0) is 31.6 Å². The van der Waals surface area contributed by atoms with Crippen LogP contribution in [0.4, 0.5) is 0 Å². The third-order valence-electron chi connectivity index (χ3n) is 4.87. The average molecular weight is 294 g/mol. The van der Waals surface area contributed by atoms with Crippen LogP contribution in [-0.2, 0) is 6.54 Å². The van der Waals surface area contributed by atoms with Crippen LogP contribution in [0.25, 0.3) is 0 Å². The summed E-state index contributed by atoms with van der Waals surface area (Å²) in [6.07, 6.45) is 12.2. The Balaban J connectivity index is 1.41. The normalized spacial score (nSPS) is 22.6. The molecule has 0 bridgehead atoms. The molecule has 20 heavy (non-hydrogen) atoms. The van der Waals surface area contributed by atoms with Crippen molar-refractivity contribution in [2.75, 3.05) is 6.54 Å². The van der Waals surface area contributed by atoms with Gasteiger partial charge in [-0.25, -0.2) is 4.98 Å². The summed E-state index contributed by atoms with van der Waals surface area (Å²) < 4.78 is 0. The molecule has 1 aromatic rings. The van der Waals surface area contributed by atoms with E-state index in [2.05, 4.69) is 10.3 Å². The van der Waals surface area contributed by atoms with Gasteiger partial charge in [-0.2, -0.15) is 0 Å². The SMILES string of the molecule is OC(CNCc1cnc(C2CCCC2)s1)C1CCCC1. The van der Waals surface area contributed by atoms with E-state index < -0.39 is 0 Å². The van der Waals surface area contributed by atoms with E-state index in [1.807, 2.05) is 17.5 Å². The molecule has 0 aliphatic heterocycles. The van der Waals surface area contributed by atoms with Crippen molar-refractivity contribution in [3.63, 3.8) is 0 Å². The van der Waals surface area contributed by atoms with E-state index in [0.29, 0.717) is 5.92 Å². The lowest BCUT2D eigenvalue weighted by molar-refractivity contribution is 0.109. The zero-order valence-electron chi connectivity index (χ0n) is 12.2. The summed E-state index contributed by atoms with van der Waals surface area (Å²) in [5.41, 5.74) is 0. The Morgan fingerprint density at radius 1 is 1.20 bits per heavy atom. The predicted octanol–water partition coefficient (Wildman–Crippen LogP) is 3.44. The standard InChI is InChI=1S/C16H26N2OS/c19-15(12-5-1-2-6-12)11-17-9-14-10-18-16(20-14)13-7-3-4-8-13/h10,12-13,15,17,19H,1-9,11H2. The number of hydrogen-bond donors (Lipinski definition) is 2. The molecule has 2 N–H and O–H groups in total. The molecule has 2 aliphatic rings. The Morgan fingerprint density at radius 3 is 2.65 bits per heavy atom. The summed E-state index contributed by atoms with van der Waals surface area (Å²) in [5.74, 6) is 1.25. The average Bonchev–Trinajstić information content (AvgIpc) is 3.20. The van der Waals surface area contributed by atoms with Crippen LogP contribution in [0.1, 0.15) is 67.2 Å². The van der Waals surface area contributed by atoms with Gasteiger partial charge in [-0.15, -0.1) is 11.3 Å². The first kappa shape index (κ1) is 14.5. The third kappa shape index (κ3) is 3.60. The van der Waals surface area contributed by atoms with Gasteiger partial charge < -0.3 is 10.4 Å². The third-order valence-corrected chi connectivity index (χ3v) is 6.03. The molecule has 112 valence electrons. The summed E-state index contributed by atoms with van der Waals surface area (Å²) in [5, 5.41) is 14.9. The number of nitrogens with one attached hydrogen (secondary N) is 1. The molecule has 2 saturated carbocycles. The van der Waals surface area contributed by atoms with Crippen molar-refractivity contribution < 1.29 is 5.11 Å². The topological polar surface area (TPSA) is 45.1 Å². The summed E-state index contributed by atoms with van der Waals surface area (Å²) in [4.78, 5) is 5.90. The van der Waals surface area contributed by atoms with Crippen molar-refractivity contribution in [3.05, 3.63) is 16.1 Å². The molecule has 1 heterocycles. The van der Waals surface area contributed by atoms with Crippen LogP contribution in [0.15, 0.2) is 6.20 Å². The van der Waals surface area contributed by atoms with Gasteiger partial charge in [0.15, 0.2) is 0 Å². The first-order valence-corrected chi connectivity index (χ1v) is 8.98. The first-order valence-electron chi connectivity index (χ1n) is 8.16. The first-order chi connectivity index (χ1) is 9.83. The van der Waals surface area contributed by atoms with Gasteiger partial charge in [0.2, 0.25) is 0 Å². The van der Waals surface area contributed by atoms with E-state index in [9.17, 15) is 5.11 Å². The largest absolute Gasteiger partial charge is 0.392 e. The monoisotopic (exact) mass is 294 g/mol. The molecule has 1 aromatic heterocycles. The second kappa shape index (κ2) is 7.01. The Labute approximate surface area is 125 Å². The fraction of sp³-hybridized carbons (Fsp3) is 0.812. The maximum atomic E-state index is 10.1. The second-order valence-corrected chi connectivity index (χ2v) is 7.54. The fourth-order valence-electron chi connectivity index (χ4n) is 3.62. The summed E-state index contributed by atoms with van der Waals surface area (Å²) >= 11 is 1.86. The van der Waals surface area contributed by atoms with Gasteiger partial charge in [0.25, 0.3) is 0 Å². The van der Waals surface area contributed by atoms with Crippen LogP contribution in [0.5, 0.6) is 0 Å². The van der Waals surface area contributed by atoms with Crippen LogP contribution in [0.3, 0.4) is 0 Å². The molecule has 0 radical (unpaired) electrons. The van der Waals surface area contributed by atoms with E-state index in [-0.39, 0.29) is 6.10 Å². The highest BCUT2D eigenvalue weighted by Crippen LogP contribution is 2.36. The summed E-state index contributed by atoms with van der Waals surface area (Å²) in [6, 6.07) is 0. The van der Waals surface area contributed by atoms with E-state index in [1.54, 1.807) is 0 Å². The highest BCUT2D eigenvalue weighted by Gasteiger charge is 2.23. The molecule has 1 atom stereocenters. The molecule has 2 aliphatic carbocycles. The highest BCUT2D eigenvalue weighted by molar-refractivity contribution is 7.11. The molecule has 0 amide bonds. The number of rotatable bonds is 6. The van der Waals surface area contributed by atoms with Gasteiger partial charge in [0, 0.05) is 30.1 Å². The number of aliphatic hydroxyl groups excluding tert-OH is 1. The van der Waals surface area contributed by atoms with Crippen LogP contribution in [-0.4, -0.2) is 22.7 Å². The minimum Gasteiger partial charge on any atom is -0.392 e. The number of thiazole rings is 1. The lowest BCUT2D eigenvalue weighted by Gasteiger charge is -2.17.